The molecule has 0 amide bonds. The van der Waals surface area contributed by atoms with E-state index < -0.39 is 0 Å². The van der Waals surface area contributed by atoms with Gasteiger partial charge >= 0.3 is 0 Å². The van der Waals surface area contributed by atoms with E-state index in [4.69, 9.17) is 0 Å². The average Bonchev–Trinajstić information content (AvgIpc) is 2.38. The molecule has 0 N–H and O–H groups in total. The number of hydrogen-bond donors (Lipinski definition) is 0. The van der Waals surface area contributed by atoms with Crippen molar-refractivity contribution >= 4 is 0 Å². The summed E-state index contributed by atoms with van der Waals surface area (Å²) in [5.74, 6) is 1.49. The van der Waals surface area contributed by atoms with Gasteiger partial charge in [-0.15, -0.1) is 0 Å². The lowest BCUT2D eigenvalue weighted by Gasteiger charge is -2.47. The van der Waals surface area contributed by atoms with Crippen molar-refractivity contribution in [2.24, 2.45) is 17.3 Å². The molecule has 0 bridgehead atoms. The van der Waals surface area contributed by atoms with Crippen LogP contribution in [-0.4, -0.2) is 24.0 Å². The molecule has 0 saturated carbocycles. The maximum atomic E-state index is 2.67. The lowest BCUT2D eigenvalue weighted by molar-refractivity contribution is 0.0685. The van der Waals surface area contributed by atoms with Gasteiger partial charge < -0.3 is 4.90 Å². The highest BCUT2D eigenvalue weighted by Gasteiger charge is 2.39. The van der Waals surface area contributed by atoms with Crippen LogP contribution in [0.5, 0.6) is 0 Å². The predicted octanol–water partition coefficient (Wildman–Crippen LogP) is 5.27. The minimum Gasteiger partial charge on any atom is -0.301 e. The van der Waals surface area contributed by atoms with E-state index in [1.165, 1.54) is 45.2 Å². The first kappa shape index (κ1) is 16.1. The highest BCUT2D eigenvalue weighted by atomic mass is 15.2. The fourth-order valence-corrected chi connectivity index (χ4v) is 4.34. The van der Waals surface area contributed by atoms with Gasteiger partial charge in [0.15, 0.2) is 0 Å². The molecule has 2 aliphatic rings. The summed E-state index contributed by atoms with van der Waals surface area (Å²) in [5, 5.41) is 0. The molecule has 0 aromatic heterocycles. The standard InChI is InChI=1S/C19H35N/c1-14(2)17-7-8-19(13-18(17)15(3)4)9-11-20(12-10-19)16(5)6/h14-16H,7-13H2,1-6H3. The molecule has 1 fully saturated rings. The highest BCUT2D eigenvalue weighted by Crippen LogP contribution is 2.49. The van der Waals surface area contributed by atoms with Crippen LogP contribution in [0.3, 0.4) is 0 Å². The van der Waals surface area contributed by atoms with Gasteiger partial charge in [0.25, 0.3) is 0 Å². The van der Waals surface area contributed by atoms with Crippen LogP contribution in [0, 0.1) is 17.3 Å². The Labute approximate surface area is 126 Å². The van der Waals surface area contributed by atoms with E-state index in [2.05, 4.69) is 46.4 Å². The van der Waals surface area contributed by atoms with Crippen molar-refractivity contribution in [1.82, 2.24) is 4.90 Å². The quantitative estimate of drug-likeness (QED) is 0.635. The first-order valence-corrected chi connectivity index (χ1v) is 8.80. The van der Waals surface area contributed by atoms with Crippen molar-refractivity contribution in [3.05, 3.63) is 11.1 Å². The van der Waals surface area contributed by atoms with E-state index in [1.807, 2.05) is 5.57 Å². The summed E-state index contributed by atoms with van der Waals surface area (Å²) in [7, 11) is 0. The number of piperidine rings is 1. The number of allylic oxidation sites excluding steroid dienone is 2. The summed E-state index contributed by atoms with van der Waals surface area (Å²) in [6, 6.07) is 0.724. The Morgan fingerprint density at radius 2 is 1.35 bits per heavy atom. The van der Waals surface area contributed by atoms with Gasteiger partial charge in [-0.2, -0.15) is 0 Å². The zero-order chi connectivity index (χ0) is 14.9. The van der Waals surface area contributed by atoms with Crippen molar-refractivity contribution in [3.63, 3.8) is 0 Å². The Hall–Kier alpha value is -0.300. The first-order chi connectivity index (χ1) is 9.34. The topological polar surface area (TPSA) is 3.24 Å². The molecule has 116 valence electrons. The van der Waals surface area contributed by atoms with E-state index >= 15 is 0 Å². The van der Waals surface area contributed by atoms with Crippen LogP contribution >= 0.6 is 0 Å². The highest BCUT2D eigenvalue weighted by molar-refractivity contribution is 5.24. The fraction of sp³-hybridized carbons (Fsp3) is 0.895. The van der Waals surface area contributed by atoms with Crippen LogP contribution in [0.2, 0.25) is 0 Å². The molecule has 1 saturated heterocycles. The smallest absolute Gasteiger partial charge is 0.00385 e. The second-order valence-electron chi connectivity index (χ2n) is 8.17. The molecule has 0 atom stereocenters. The largest absolute Gasteiger partial charge is 0.301 e. The van der Waals surface area contributed by atoms with Gasteiger partial charge in [-0.1, -0.05) is 38.8 Å². The number of hydrogen-bond acceptors (Lipinski definition) is 1. The average molecular weight is 277 g/mol. The van der Waals surface area contributed by atoms with E-state index in [0.717, 1.165) is 17.9 Å². The van der Waals surface area contributed by atoms with Gasteiger partial charge in [0.2, 0.25) is 0 Å². The molecule has 1 nitrogen and oxygen atoms in total. The Bertz CT molecular complexity index is 354. The number of likely N-dealkylation sites (tertiary alicyclic amines) is 1. The summed E-state index contributed by atoms with van der Waals surface area (Å²) < 4.78 is 0. The molecule has 0 radical (unpaired) electrons. The van der Waals surface area contributed by atoms with Gasteiger partial charge in [-0.25, -0.2) is 0 Å². The van der Waals surface area contributed by atoms with Gasteiger partial charge in [-0.3, -0.25) is 0 Å². The van der Waals surface area contributed by atoms with Crippen LogP contribution in [0.4, 0.5) is 0 Å². The normalized spacial score (nSPS) is 24.4. The summed E-state index contributed by atoms with van der Waals surface area (Å²) in [6.07, 6.45) is 7.05. The lowest BCUT2D eigenvalue weighted by atomic mass is 9.63. The Balaban J connectivity index is 2.11. The van der Waals surface area contributed by atoms with Crippen molar-refractivity contribution in [2.75, 3.05) is 13.1 Å². The van der Waals surface area contributed by atoms with Crippen molar-refractivity contribution in [2.45, 2.75) is 79.7 Å². The SMILES string of the molecule is CC(C)C1=C(C(C)C)CC2(CC1)CCN(C(C)C)CC2. The Kier molecular flexibility index (Phi) is 5.00. The summed E-state index contributed by atoms with van der Waals surface area (Å²) >= 11 is 0. The van der Waals surface area contributed by atoms with Gasteiger partial charge in [0.05, 0.1) is 0 Å². The molecule has 1 aliphatic heterocycles. The third-order valence-corrected chi connectivity index (χ3v) is 5.89. The third-order valence-electron chi connectivity index (χ3n) is 5.89. The van der Waals surface area contributed by atoms with E-state index in [9.17, 15) is 0 Å². The summed E-state index contributed by atoms with van der Waals surface area (Å²) in [4.78, 5) is 2.67. The van der Waals surface area contributed by atoms with Crippen LogP contribution in [-0.2, 0) is 0 Å². The number of rotatable bonds is 3. The maximum Gasteiger partial charge on any atom is 0.00385 e. The molecule has 20 heavy (non-hydrogen) atoms. The van der Waals surface area contributed by atoms with E-state index in [1.54, 1.807) is 5.57 Å². The molecule has 2 rings (SSSR count). The zero-order valence-electron chi connectivity index (χ0n) is 14.6. The molecule has 1 spiro atoms. The predicted molar refractivity (Wildman–Crippen MR) is 88.9 cm³/mol. The lowest BCUT2D eigenvalue weighted by Crippen LogP contribution is -2.44. The number of nitrogens with zero attached hydrogens (tertiary/aromatic N) is 1. The van der Waals surface area contributed by atoms with Gasteiger partial charge in [-0.05, 0) is 76.3 Å². The Morgan fingerprint density at radius 3 is 1.80 bits per heavy atom. The third kappa shape index (κ3) is 3.30. The monoisotopic (exact) mass is 277 g/mol. The van der Waals surface area contributed by atoms with Crippen molar-refractivity contribution in [3.8, 4) is 0 Å². The second-order valence-corrected chi connectivity index (χ2v) is 8.17. The Morgan fingerprint density at radius 1 is 0.800 bits per heavy atom. The zero-order valence-corrected chi connectivity index (χ0v) is 14.6. The van der Waals surface area contributed by atoms with Crippen molar-refractivity contribution < 1.29 is 0 Å². The molecule has 1 heterocycles. The van der Waals surface area contributed by atoms with Crippen LogP contribution in [0.1, 0.15) is 73.6 Å². The molecule has 1 aliphatic carbocycles. The summed E-state index contributed by atoms with van der Waals surface area (Å²) in [5.41, 5.74) is 4.24. The molecular weight excluding hydrogens is 242 g/mol. The van der Waals surface area contributed by atoms with E-state index in [0.29, 0.717) is 5.41 Å². The minimum atomic E-state index is 0.642. The fourth-order valence-electron chi connectivity index (χ4n) is 4.34. The van der Waals surface area contributed by atoms with Crippen LogP contribution in [0.25, 0.3) is 0 Å². The molecule has 0 aromatic carbocycles. The molecule has 1 heteroatoms. The van der Waals surface area contributed by atoms with E-state index in [-0.39, 0.29) is 0 Å². The van der Waals surface area contributed by atoms with Gasteiger partial charge in [0.1, 0.15) is 0 Å². The van der Waals surface area contributed by atoms with Crippen LogP contribution in [0.15, 0.2) is 11.1 Å². The molecule has 0 unspecified atom stereocenters. The molecular formula is C19H35N. The van der Waals surface area contributed by atoms with Gasteiger partial charge in [0, 0.05) is 6.04 Å². The molecule has 0 aromatic rings. The summed E-state index contributed by atoms with van der Waals surface area (Å²) in [6.45, 7) is 16.9. The second kappa shape index (κ2) is 6.22. The van der Waals surface area contributed by atoms with Crippen molar-refractivity contribution in [1.29, 1.82) is 0 Å². The first-order valence-electron chi connectivity index (χ1n) is 8.80. The maximum absolute atomic E-state index is 2.67. The minimum absolute atomic E-state index is 0.642. The van der Waals surface area contributed by atoms with Crippen LogP contribution < -0.4 is 0 Å².